The molecule has 11 heteroatoms. The maximum absolute atomic E-state index is 13.2. The summed E-state index contributed by atoms with van der Waals surface area (Å²) >= 11 is 0. The van der Waals surface area contributed by atoms with Crippen molar-refractivity contribution in [2.24, 2.45) is 5.92 Å². The van der Waals surface area contributed by atoms with Crippen LogP contribution < -0.4 is 20.7 Å². The van der Waals surface area contributed by atoms with E-state index in [0.29, 0.717) is 37.7 Å². The fourth-order valence-electron chi connectivity index (χ4n) is 5.39. The van der Waals surface area contributed by atoms with Gasteiger partial charge in [0.25, 0.3) is 5.91 Å². The third-order valence-corrected chi connectivity index (χ3v) is 7.46. The zero-order valence-electron chi connectivity index (χ0n) is 23.1. The Balaban J connectivity index is 1.27. The molecule has 0 aromatic heterocycles. The fraction of sp³-hybridized carbons (Fsp3) is 0.533. The number of morpholine rings is 1. The van der Waals surface area contributed by atoms with Crippen LogP contribution in [-0.4, -0.2) is 68.0 Å². The Bertz CT molecular complexity index is 1100. The molecule has 2 amide bonds. The highest BCUT2D eigenvalue weighted by atomic mass is 19.4. The Morgan fingerprint density at radius 3 is 2.44 bits per heavy atom. The highest BCUT2D eigenvalue weighted by molar-refractivity contribution is 5.89. The van der Waals surface area contributed by atoms with Gasteiger partial charge in [0, 0.05) is 38.4 Å². The second-order valence-corrected chi connectivity index (χ2v) is 10.7. The Morgan fingerprint density at radius 2 is 1.73 bits per heavy atom. The first kappa shape index (κ1) is 30.6. The quantitative estimate of drug-likeness (QED) is 0.323. The van der Waals surface area contributed by atoms with Crippen molar-refractivity contribution < 1.29 is 32.2 Å². The number of nitrogens with one attached hydrogen (secondary N) is 3. The lowest BCUT2D eigenvalue weighted by atomic mass is 9.84. The van der Waals surface area contributed by atoms with E-state index in [1.807, 2.05) is 18.2 Å². The van der Waals surface area contributed by atoms with Gasteiger partial charge in [-0.25, -0.2) is 0 Å². The lowest BCUT2D eigenvalue weighted by Gasteiger charge is -2.33. The molecule has 2 aromatic rings. The zero-order chi connectivity index (χ0) is 29.1. The molecule has 3 N–H and O–H groups in total. The van der Waals surface area contributed by atoms with Crippen molar-refractivity contribution in [3.63, 3.8) is 0 Å². The summed E-state index contributed by atoms with van der Waals surface area (Å²) in [4.78, 5) is 28.6. The number of ether oxygens (including phenoxy) is 2. The number of hydrogen-bond donors (Lipinski definition) is 3. The molecule has 0 bridgehead atoms. The maximum atomic E-state index is 13.2. The van der Waals surface area contributed by atoms with E-state index in [4.69, 9.17) is 4.74 Å². The van der Waals surface area contributed by atoms with Crippen LogP contribution in [0.15, 0.2) is 54.6 Å². The molecule has 2 atom stereocenters. The Morgan fingerprint density at radius 1 is 1.00 bits per heavy atom. The Hall–Kier alpha value is -3.31. The predicted molar refractivity (Wildman–Crippen MR) is 149 cm³/mol. The van der Waals surface area contributed by atoms with E-state index >= 15 is 0 Å². The normalized spacial score (nSPS) is 19.2. The summed E-state index contributed by atoms with van der Waals surface area (Å²) in [5.74, 6) is -0.463. The summed E-state index contributed by atoms with van der Waals surface area (Å²) in [6, 6.07) is 14.8. The predicted octanol–water partition coefficient (Wildman–Crippen LogP) is 4.47. The van der Waals surface area contributed by atoms with Crippen molar-refractivity contribution in [1.82, 2.24) is 15.5 Å². The van der Waals surface area contributed by atoms with Crippen LogP contribution in [0.1, 0.15) is 44.1 Å². The summed E-state index contributed by atoms with van der Waals surface area (Å²) in [7, 11) is 0. The average Bonchev–Trinajstić information content (AvgIpc) is 2.96. The minimum Gasteiger partial charge on any atom is -0.406 e. The first-order chi connectivity index (χ1) is 19.7. The molecule has 4 rings (SSSR count). The molecule has 2 fully saturated rings. The van der Waals surface area contributed by atoms with Crippen molar-refractivity contribution in [2.75, 3.05) is 38.1 Å². The van der Waals surface area contributed by atoms with Gasteiger partial charge in [0.05, 0.1) is 6.61 Å². The summed E-state index contributed by atoms with van der Waals surface area (Å²) in [5, 5.41) is 8.93. The van der Waals surface area contributed by atoms with Gasteiger partial charge in [0.15, 0.2) is 0 Å². The molecular weight excluding hydrogens is 537 g/mol. The van der Waals surface area contributed by atoms with Crippen molar-refractivity contribution >= 4 is 17.5 Å². The highest BCUT2D eigenvalue weighted by Gasteiger charge is 2.32. The van der Waals surface area contributed by atoms with Crippen LogP contribution in [0.3, 0.4) is 0 Å². The molecule has 0 spiro atoms. The Labute approximate surface area is 239 Å². The van der Waals surface area contributed by atoms with Crippen molar-refractivity contribution in [2.45, 2.75) is 63.6 Å². The minimum atomic E-state index is -4.74. The number of amides is 2. The molecule has 1 saturated carbocycles. The Kier molecular flexibility index (Phi) is 11.3. The van der Waals surface area contributed by atoms with E-state index in [2.05, 4.69) is 37.7 Å². The average molecular weight is 577 g/mol. The number of rotatable bonds is 12. The van der Waals surface area contributed by atoms with Crippen molar-refractivity contribution in [3.05, 3.63) is 60.2 Å². The van der Waals surface area contributed by atoms with Gasteiger partial charge >= 0.3 is 6.36 Å². The first-order valence-corrected chi connectivity index (χ1v) is 14.3. The fourth-order valence-corrected chi connectivity index (χ4v) is 5.39. The molecule has 1 saturated heterocycles. The number of halogens is 3. The molecule has 8 nitrogen and oxygen atoms in total. The van der Waals surface area contributed by atoms with Crippen molar-refractivity contribution in [3.8, 4) is 5.75 Å². The topological polar surface area (TPSA) is 91.9 Å². The summed E-state index contributed by atoms with van der Waals surface area (Å²) in [5.41, 5.74) is 1.76. The number of alkyl halides is 3. The van der Waals surface area contributed by atoms with Crippen LogP contribution >= 0.6 is 0 Å². The number of nitrogens with zero attached hydrogens (tertiary/aromatic N) is 1. The van der Waals surface area contributed by atoms with E-state index in [9.17, 15) is 22.8 Å². The SMILES string of the molecule is O=C(N[C@@H](CC1CCCCC1)C(=O)NCCNc1ccc(OC(F)(F)F)cc1)C1CN(Cc2ccccc2)CCO1. The van der Waals surface area contributed by atoms with Gasteiger partial charge in [-0.3, -0.25) is 14.5 Å². The van der Waals surface area contributed by atoms with E-state index in [0.717, 1.165) is 38.8 Å². The van der Waals surface area contributed by atoms with Gasteiger partial charge in [-0.2, -0.15) is 0 Å². The third kappa shape index (κ3) is 10.6. The van der Waals surface area contributed by atoms with E-state index in [-0.39, 0.29) is 24.1 Å². The van der Waals surface area contributed by atoms with Crippen molar-refractivity contribution in [1.29, 1.82) is 0 Å². The summed E-state index contributed by atoms with van der Waals surface area (Å²) in [6.45, 7) is 2.99. The summed E-state index contributed by atoms with van der Waals surface area (Å²) < 4.78 is 46.7. The van der Waals surface area contributed by atoms with E-state index in [1.165, 1.54) is 36.2 Å². The van der Waals surface area contributed by atoms with Gasteiger partial charge in [-0.05, 0) is 42.2 Å². The smallest absolute Gasteiger partial charge is 0.406 e. The lowest BCUT2D eigenvalue weighted by molar-refractivity contribution is -0.274. The number of carbonyl (C=O) groups is 2. The van der Waals surface area contributed by atoms with Crippen LogP contribution in [0.5, 0.6) is 5.75 Å². The second kappa shape index (κ2) is 15.1. The minimum absolute atomic E-state index is 0.253. The highest BCUT2D eigenvalue weighted by Crippen LogP contribution is 2.28. The third-order valence-electron chi connectivity index (χ3n) is 7.46. The number of carbonyl (C=O) groups excluding carboxylic acids is 2. The lowest BCUT2D eigenvalue weighted by Crippen LogP contribution is -2.55. The molecule has 1 unspecified atom stereocenters. The zero-order valence-corrected chi connectivity index (χ0v) is 23.1. The molecular formula is C30H39F3N4O4. The number of benzene rings is 2. The van der Waals surface area contributed by atoms with E-state index < -0.39 is 18.5 Å². The van der Waals surface area contributed by atoms with E-state index in [1.54, 1.807) is 0 Å². The standard InChI is InChI=1S/C30H39F3N4O4/c31-30(32,33)41-25-13-11-24(12-14-25)34-15-16-35-28(38)26(19-22-7-3-1-4-8-22)36-29(39)27-21-37(17-18-40-27)20-23-9-5-2-6-10-23/h2,5-6,9-14,22,26-27,34H,1,3-4,7-8,15-21H2,(H,35,38)(H,36,39)/t26-,27?/m0/s1. The van der Waals surface area contributed by atoms with Gasteiger partial charge < -0.3 is 25.4 Å². The largest absolute Gasteiger partial charge is 0.573 e. The molecule has 0 radical (unpaired) electrons. The second-order valence-electron chi connectivity index (χ2n) is 10.7. The van der Waals surface area contributed by atoms with Gasteiger partial charge in [0.1, 0.15) is 17.9 Å². The number of anilines is 1. The van der Waals surface area contributed by atoms with Crippen LogP contribution in [0.4, 0.5) is 18.9 Å². The van der Waals surface area contributed by atoms with Crippen LogP contribution in [0, 0.1) is 5.92 Å². The monoisotopic (exact) mass is 576 g/mol. The van der Waals surface area contributed by atoms with Crippen LogP contribution in [0.25, 0.3) is 0 Å². The molecule has 1 aliphatic heterocycles. The van der Waals surface area contributed by atoms with Crippen LogP contribution in [-0.2, 0) is 20.9 Å². The number of hydrogen-bond acceptors (Lipinski definition) is 6. The summed E-state index contributed by atoms with van der Waals surface area (Å²) in [6.07, 6.45) is 0.718. The van der Waals surface area contributed by atoms with Gasteiger partial charge in [0.2, 0.25) is 5.91 Å². The molecule has 1 heterocycles. The molecule has 41 heavy (non-hydrogen) atoms. The molecule has 2 aromatic carbocycles. The molecule has 2 aliphatic rings. The first-order valence-electron chi connectivity index (χ1n) is 14.3. The molecule has 1 aliphatic carbocycles. The van der Waals surface area contributed by atoms with Gasteiger partial charge in [-0.15, -0.1) is 13.2 Å². The van der Waals surface area contributed by atoms with Gasteiger partial charge in [-0.1, -0.05) is 62.4 Å². The van der Waals surface area contributed by atoms with Crippen LogP contribution in [0.2, 0.25) is 0 Å². The molecule has 224 valence electrons. The maximum Gasteiger partial charge on any atom is 0.573 e.